The molecule has 37 heavy (non-hydrogen) atoms. The van der Waals surface area contributed by atoms with E-state index >= 15 is 0 Å². The number of hydrogen-bond donors (Lipinski definition) is 4. The van der Waals surface area contributed by atoms with Gasteiger partial charge in [0, 0.05) is 13.1 Å². The Balaban J connectivity index is 2.02. The molecule has 2 atom stereocenters. The number of nitrogens with two attached hydrogens (primary N) is 2. The molecule has 1 aliphatic heterocycles. The zero-order valence-electron chi connectivity index (χ0n) is 20.0. The van der Waals surface area contributed by atoms with E-state index in [-0.39, 0.29) is 31.9 Å². The Labute approximate surface area is 212 Å². The smallest absolute Gasteiger partial charge is 0.370 e. The van der Waals surface area contributed by atoms with Crippen molar-refractivity contribution in [1.29, 1.82) is 0 Å². The number of nitrogens with one attached hydrogen (secondary N) is 2. The minimum Gasteiger partial charge on any atom is -0.370 e. The van der Waals surface area contributed by atoms with Gasteiger partial charge in [-0.15, -0.1) is 0 Å². The predicted molar refractivity (Wildman–Crippen MR) is 129 cm³/mol. The zero-order valence-corrected chi connectivity index (χ0v) is 20.9. The summed E-state index contributed by atoms with van der Waals surface area (Å²) < 4.78 is 67.4. The van der Waals surface area contributed by atoms with Crippen molar-refractivity contribution in [2.45, 2.75) is 56.1 Å². The molecular formula is C22H31F3N6O5S. The van der Waals surface area contributed by atoms with E-state index in [0.717, 1.165) is 18.2 Å². The van der Waals surface area contributed by atoms with Gasteiger partial charge in [-0.2, -0.15) is 13.2 Å². The van der Waals surface area contributed by atoms with Crippen molar-refractivity contribution < 1.29 is 36.0 Å². The summed E-state index contributed by atoms with van der Waals surface area (Å²) in [6, 6.07) is 2.24. The number of guanidine groups is 1. The lowest BCUT2D eigenvalue weighted by atomic mass is 10.1. The maximum absolute atomic E-state index is 13.3. The van der Waals surface area contributed by atoms with Gasteiger partial charge in [-0.05, 0) is 43.7 Å². The standard InChI is InChI=1S/C22H31F3N6O5S/c23-22(24,25)17-8-2-1-6-15(17)14-37(35,36)30-18-9-3-4-11-31(20(18)34)12-19(33)29-16(13-32)7-5-10-28-21(26)27/h1-2,6,8,13,16,18,30H,3-5,7,9-12,14H2,(H,29,33)(H4,26,27,28). The number of aldehydes is 1. The topological polar surface area (TPSA) is 177 Å². The highest BCUT2D eigenvalue weighted by Gasteiger charge is 2.36. The predicted octanol–water partition coefficient (Wildman–Crippen LogP) is 0.243. The molecule has 1 saturated heterocycles. The van der Waals surface area contributed by atoms with Crippen LogP contribution < -0.4 is 21.5 Å². The number of nitrogens with zero attached hydrogens (tertiary/aromatic N) is 2. The van der Waals surface area contributed by atoms with Crippen LogP contribution in [-0.4, -0.2) is 69.1 Å². The third-order valence-corrected chi connectivity index (χ3v) is 6.92. The van der Waals surface area contributed by atoms with Crippen LogP contribution in [0.5, 0.6) is 0 Å². The summed E-state index contributed by atoms with van der Waals surface area (Å²) in [6.07, 6.45) is -2.43. The Morgan fingerprint density at radius 3 is 2.59 bits per heavy atom. The first kappa shape index (κ1) is 30.0. The van der Waals surface area contributed by atoms with Gasteiger partial charge in [-0.1, -0.05) is 18.2 Å². The van der Waals surface area contributed by atoms with Crippen molar-refractivity contribution in [3.8, 4) is 0 Å². The number of alkyl halides is 3. The first-order valence-electron chi connectivity index (χ1n) is 11.6. The molecule has 0 aromatic heterocycles. The van der Waals surface area contributed by atoms with Crippen LogP contribution in [0.2, 0.25) is 0 Å². The molecule has 0 radical (unpaired) electrons. The molecule has 6 N–H and O–H groups in total. The molecule has 0 aliphatic carbocycles. The van der Waals surface area contributed by atoms with E-state index in [1.807, 2.05) is 0 Å². The van der Waals surface area contributed by atoms with Crippen LogP contribution in [0.25, 0.3) is 0 Å². The molecule has 11 nitrogen and oxygen atoms in total. The fourth-order valence-electron chi connectivity index (χ4n) is 3.88. The van der Waals surface area contributed by atoms with Gasteiger partial charge in [0.15, 0.2) is 5.96 Å². The molecule has 1 aliphatic rings. The van der Waals surface area contributed by atoms with Crippen LogP contribution in [0.3, 0.4) is 0 Å². The van der Waals surface area contributed by atoms with Crippen LogP contribution in [0, 0.1) is 0 Å². The normalized spacial score (nSPS) is 17.5. The van der Waals surface area contributed by atoms with Gasteiger partial charge < -0.3 is 26.5 Å². The van der Waals surface area contributed by atoms with Gasteiger partial charge in [-0.3, -0.25) is 14.6 Å². The number of aliphatic imine (C=N–C) groups is 1. The number of sulfonamides is 1. The van der Waals surface area contributed by atoms with Crippen molar-refractivity contribution >= 4 is 34.1 Å². The van der Waals surface area contributed by atoms with Gasteiger partial charge >= 0.3 is 6.18 Å². The molecule has 206 valence electrons. The third-order valence-electron chi connectivity index (χ3n) is 5.58. The molecule has 2 unspecified atom stereocenters. The molecule has 1 aromatic carbocycles. The van der Waals surface area contributed by atoms with Crippen LogP contribution in [0.15, 0.2) is 29.3 Å². The highest BCUT2D eigenvalue weighted by Crippen LogP contribution is 2.32. The lowest BCUT2D eigenvalue weighted by Gasteiger charge is -2.25. The average Bonchev–Trinajstić information content (AvgIpc) is 2.96. The summed E-state index contributed by atoms with van der Waals surface area (Å²) >= 11 is 0. The summed E-state index contributed by atoms with van der Waals surface area (Å²) in [5.74, 6) is -2.35. The number of amides is 2. The van der Waals surface area contributed by atoms with Crippen molar-refractivity contribution in [3.63, 3.8) is 0 Å². The minimum atomic E-state index is -4.74. The molecule has 1 aromatic rings. The lowest BCUT2D eigenvalue weighted by molar-refractivity contribution is -0.138. The number of benzene rings is 1. The second-order valence-electron chi connectivity index (χ2n) is 8.60. The zero-order chi connectivity index (χ0) is 27.6. The van der Waals surface area contributed by atoms with Crippen molar-refractivity contribution in [2.75, 3.05) is 19.6 Å². The summed E-state index contributed by atoms with van der Waals surface area (Å²) in [6.45, 7) is 0.0340. The van der Waals surface area contributed by atoms with Gasteiger partial charge in [0.2, 0.25) is 21.8 Å². The Hall–Kier alpha value is -3.20. The number of halogens is 3. The van der Waals surface area contributed by atoms with E-state index in [1.165, 1.54) is 11.0 Å². The molecule has 15 heteroatoms. The second-order valence-corrected chi connectivity index (χ2v) is 10.4. The summed E-state index contributed by atoms with van der Waals surface area (Å²) in [7, 11) is -4.33. The molecule has 0 spiro atoms. The van der Waals surface area contributed by atoms with Crippen LogP contribution in [-0.2, 0) is 36.3 Å². The number of rotatable bonds is 12. The molecule has 0 bridgehead atoms. The van der Waals surface area contributed by atoms with Crippen molar-refractivity contribution in [3.05, 3.63) is 35.4 Å². The van der Waals surface area contributed by atoms with E-state index in [9.17, 15) is 36.0 Å². The molecule has 0 saturated carbocycles. The Bertz CT molecular complexity index is 1090. The fraction of sp³-hybridized carbons (Fsp3) is 0.545. The SMILES string of the molecule is NC(N)=NCCCC(C=O)NC(=O)CN1CCCCC(NS(=O)(=O)Cc2ccccc2C(F)(F)F)C1=O. The quantitative estimate of drug-likeness (QED) is 0.125. The molecule has 2 rings (SSSR count). The first-order valence-corrected chi connectivity index (χ1v) is 13.2. The number of hydrogen-bond acceptors (Lipinski definition) is 6. The van der Waals surface area contributed by atoms with Gasteiger partial charge in [0.1, 0.15) is 12.3 Å². The van der Waals surface area contributed by atoms with Gasteiger partial charge in [-0.25, -0.2) is 13.1 Å². The van der Waals surface area contributed by atoms with E-state index < -0.39 is 63.5 Å². The fourth-order valence-corrected chi connectivity index (χ4v) is 5.27. The summed E-state index contributed by atoms with van der Waals surface area (Å²) in [4.78, 5) is 41.7. The van der Waals surface area contributed by atoms with Crippen molar-refractivity contribution in [1.82, 2.24) is 14.9 Å². The monoisotopic (exact) mass is 548 g/mol. The van der Waals surface area contributed by atoms with Crippen LogP contribution in [0.1, 0.15) is 43.2 Å². The summed E-state index contributed by atoms with van der Waals surface area (Å²) in [5.41, 5.74) is 8.93. The first-order chi connectivity index (χ1) is 17.3. The number of carbonyl (C=O) groups excluding carboxylic acids is 3. The Kier molecular flexibility index (Phi) is 10.9. The minimum absolute atomic E-state index is 0.0962. The van der Waals surface area contributed by atoms with E-state index in [4.69, 9.17) is 11.5 Å². The highest BCUT2D eigenvalue weighted by molar-refractivity contribution is 7.88. The van der Waals surface area contributed by atoms with Gasteiger partial charge in [0.05, 0.1) is 23.9 Å². The van der Waals surface area contributed by atoms with E-state index in [2.05, 4.69) is 15.0 Å². The number of likely N-dealkylation sites (tertiary alicyclic amines) is 1. The highest BCUT2D eigenvalue weighted by atomic mass is 32.2. The average molecular weight is 549 g/mol. The summed E-state index contributed by atoms with van der Waals surface area (Å²) in [5, 5.41) is 2.50. The molecule has 2 amide bonds. The maximum Gasteiger partial charge on any atom is 0.416 e. The van der Waals surface area contributed by atoms with E-state index in [0.29, 0.717) is 25.5 Å². The van der Waals surface area contributed by atoms with Crippen LogP contribution >= 0.6 is 0 Å². The Morgan fingerprint density at radius 1 is 1.24 bits per heavy atom. The van der Waals surface area contributed by atoms with Crippen molar-refractivity contribution in [2.24, 2.45) is 16.5 Å². The van der Waals surface area contributed by atoms with E-state index in [1.54, 1.807) is 0 Å². The second kappa shape index (κ2) is 13.4. The maximum atomic E-state index is 13.3. The van der Waals surface area contributed by atoms with Crippen LogP contribution in [0.4, 0.5) is 13.2 Å². The third kappa shape index (κ3) is 9.99. The molecule has 1 heterocycles. The van der Waals surface area contributed by atoms with Gasteiger partial charge in [0.25, 0.3) is 0 Å². The lowest BCUT2D eigenvalue weighted by Crippen LogP contribution is -2.51. The largest absolute Gasteiger partial charge is 0.416 e. The molecule has 1 fully saturated rings. The number of carbonyl (C=O) groups is 3. The Morgan fingerprint density at radius 2 is 1.95 bits per heavy atom. The molecular weight excluding hydrogens is 517 g/mol.